The molecule has 11 heteroatoms. The molecule has 1 saturated heterocycles. The van der Waals surface area contributed by atoms with Crippen molar-refractivity contribution < 1.29 is 23.4 Å². The molecule has 1 aromatic heterocycles. The topological polar surface area (TPSA) is 97.8 Å². The van der Waals surface area contributed by atoms with E-state index in [2.05, 4.69) is 20.6 Å². The monoisotopic (exact) mass is 529 g/mol. The minimum atomic E-state index is -0.495. The van der Waals surface area contributed by atoms with Crippen molar-refractivity contribution in [3.63, 3.8) is 0 Å². The van der Waals surface area contributed by atoms with Crippen LogP contribution in [0.2, 0.25) is 5.02 Å². The van der Waals surface area contributed by atoms with Crippen molar-refractivity contribution in [2.45, 2.75) is 37.8 Å². The smallest absolute Gasteiger partial charge is 0.319 e. The molecule has 0 radical (unpaired) electrons. The minimum Gasteiger partial charge on any atom is -0.497 e. The highest BCUT2D eigenvalue weighted by Crippen LogP contribution is 2.31. The molecular formula is C26H29ClFN5O4. The van der Waals surface area contributed by atoms with E-state index in [1.54, 1.807) is 18.1 Å². The summed E-state index contributed by atoms with van der Waals surface area (Å²) in [4.78, 5) is 23.5. The first-order valence-electron chi connectivity index (χ1n) is 12.4. The Morgan fingerprint density at radius 2 is 1.89 bits per heavy atom. The van der Waals surface area contributed by atoms with Crippen LogP contribution in [0, 0.1) is 5.82 Å². The van der Waals surface area contributed by atoms with Crippen LogP contribution in [0.3, 0.4) is 0 Å². The molecule has 0 spiro atoms. The quantitative estimate of drug-likeness (QED) is 0.468. The third-order valence-electron chi connectivity index (χ3n) is 6.64. The van der Waals surface area contributed by atoms with Gasteiger partial charge in [0.1, 0.15) is 23.5 Å². The molecule has 2 aliphatic rings. The van der Waals surface area contributed by atoms with E-state index in [1.165, 1.54) is 12.1 Å². The first-order valence-corrected chi connectivity index (χ1v) is 12.7. The summed E-state index contributed by atoms with van der Waals surface area (Å²) < 4.78 is 30.5. The van der Waals surface area contributed by atoms with E-state index in [9.17, 15) is 9.18 Å². The van der Waals surface area contributed by atoms with E-state index < -0.39 is 5.82 Å². The molecular weight excluding hydrogens is 501 g/mol. The van der Waals surface area contributed by atoms with Gasteiger partial charge in [-0.05, 0) is 56.0 Å². The van der Waals surface area contributed by atoms with Crippen LogP contribution in [0.15, 0.2) is 36.4 Å². The number of hydrogen-bond donors (Lipinski definition) is 2. The van der Waals surface area contributed by atoms with Crippen LogP contribution in [0.25, 0.3) is 10.9 Å². The maximum Gasteiger partial charge on any atom is 0.319 e. The van der Waals surface area contributed by atoms with Crippen LogP contribution in [0.1, 0.15) is 25.7 Å². The molecule has 2 amide bonds. The molecule has 3 aromatic rings. The number of carbonyl (C=O) groups excluding carboxylic acids is 1. The molecule has 2 heterocycles. The fourth-order valence-corrected chi connectivity index (χ4v) is 4.76. The molecule has 196 valence electrons. The predicted octanol–water partition coefficient (Wildman–Crippen LogP) is 4.91. The van der Waals surface area contributed by atoms with E-state index in [4.69, 9.17) is 25.8 Å². The zero-order chi connectivity index (χ0) is 25.8. The Kier molecular flexibility index (Phi) is 7.76. The second kappa shape index (κ2) is 11.4. The van der Waals surface area contributed by atoms with Gasteiger partial charge < -0.3 is 29.7 Å². The normalized spacial score (nSPS) is 19.9. The van der Waals surface area contributed by atoms with Gasteiger partial charge >= 0.3 is 12.0 Å². The number of methoxy groups -OCH3 is 1. The van der Waals surface area contributed by atoms with Crippen molar-refractivity contribution in [1.82, 2.24) is 20.2 Å². The number of rotatable bonds is 6. The SMILES string of the molecule is COc1ccc2c(Nc3ccc(F)c(Cl)c3)nc(OC3CCC(NC(=O)N4CCOCC4)CC3)nc2c1. The Morgan fingerprint density at radius 1 is 1.11 bits per heavy atom. The van der Waals surface area contributed by atoms with E-state index in [0.29, 0.717) is 49.1 Å². The lowest BCUT2D eigenvalue weighted by Crippen LogP contribution is -2.50. The third kappa shape index (κ3) is 6.14. The van der Waals surface area contributed by atoms with E-state index in [-0.39, 0.29) is 29.2 Å². The number of morpholine rings is 1. The Morgan fingerprint density at radius 3 is 2.62 bits per heavy atom. The van der Waals surface area contributed by atoms with E-state index in [1.807, 2.05) is 18.2 Å². The molecule has 0 atom stereocenters. The maximum atomic E-state index is 13.6. The summed E-state index contributed by atoms with van der Waals surface area (Å²) in [6.45, 7) is 2.40. The lowest BCUT2D eigenvalue weighted by Gasteiger charge is -2.32. The van der Waals surface area contributed by atoms with Crippen LogP contribution < -0.4 is 20.1 Å². The summed E-state index contributed by atoms with van der Waals surface area (Å²) in [5.41, 5.74) is 1.23. The molecule has 0 bridgehead atoms. The zero-order valence-corrected chi connectivity index (χ0v) is 21.3. The van der Waals surface area contributed by atoms with Crippen molar-refractivity contribution in [3.8, 4) is 11.8 Å². The van der Waals surface area contributed by atoms with Gasteiger partial charge in [0, 0.05) is 36.3 Å². The van der Waals surface area contributed by atoms with Crippen LogP contribution in [0.5, 0.6) is 11.8 Å². The van der Waals surface area contributed by atoms with Gasteiger partial charge in [-0.15, -0.1) is 0 Å². The summed E-state index contributed by atoms with van der Waals surface area (Å²) in [6.07, 6.45) is 3.07. The lowest BCUT2D eigenvalue weighted by atomic mass is 9.93. The van der Waals surface area contributed by atoms with E-state index in [0.717, 1.165) is 31.1 Å². The van der Waals surface area contributed by atoms with Crippen LogP contribution in [0.4, 0.5) is 20.7 Å². The number of benzene rings is 2. The number of carbonyl (C=O) groups is 1. The van der Waals surface area contributed by atoms with Gasteiger partial charge in [0.2, 0.25) is 0 Å². The number of aromatic nitrogens is 2. The van der Waals surface area contributed by atoms with Gasteiger partial charge in [0.05, 0.1) is 30.9 Å². The van der Waals surface area contributed by atoms with Gasteiger partial charge in [0.25, 0.3) is 0 Å². The number of nitrogens with one attached hydrogen (secondary N) is 2. The molecule has 2 aromatic carbocycles. The van der Waals surface area contributed by atoms with Crippen molar-refractivity contribution in [3.05, 3.63) is 47.2 Å². The third-order valence-corrected chi connectivity index (χ3v) is 6.93. The summed E-state index contributed by atoms with van der Waals surface area (Å²) in [5.74, 6) is 0.673. The van der Waals surface area contributed by atoms with Crippen molar-refractivity contribution in [2.24, 2.45) is 0 Å². The van der Waals surface area contributed by atoms with Gasteiger partial charge in [0.15, 0.2) is 0 Å². The summed E-state index contributed by atoms with van der Waals surface area (Å²) in [5, 5.41) is 7.11. The average molecular weight is 530 g/mol. The number of fused-ring (bicyclic) bond motifs is 1. The molecule has 1 saturated carbocycles. The zero-order valence-electron chi connectivity index (χ0n) is 20.5. The summed E-state index contributed by atoms with van der Waals surface area (Å²) in [6, 6.07) is 10.2. The summed E-state index contributed by atoms with van der Waals surface area (Å²) in [7, 11) is 1.59. The number of hydrogen-bond acceptors (Lipinski definition) is 7. The number of ether oxygens (including phenoxy) is 3. The molecule has 9 nitrogen and oxygen atoms in total. The standard InChI is InChI=1S/C26H29ClFN5O4/c1-35-19-7-8-20-23(15-19)31-25(32-24(20)29-17-4-9-22(28)21(27)14-17)37-18-5-2-16(3-6-18)30-26(34)33-10-12-36-13-11-33/h4,7-9,14-16,18H,2-3,5-6,10-13H2,1H3,(H,30,34)(H,29,31,32). The summed E-state index contributed by atoms with van der Waals surface area (Å²) >= 11 is 5.96. The van der Waals surface area contributed by atoms with Crippen molar-refractivity contribution in [2.75, 3.05) is 38.7 Å². The number of halogens is 2. The number of urea groups is 1. The fraction of sp³-hybridized carbons (Fsp3) is 0.423. The van der Waals surface area contributed by atoms with Crippen LogP contribution in [-0.2, 0) is 4.74 Å². The van der Waals surface area contributed by atoms with Crippen LogP contribution >= 0.6 is 11.6 Å². The number of nitrogens with zero attached hydrogens (tertiary/aromatic N) is 3. The Labute approximate surface area is 219 Å². The highest BCUT2D eigenvalue weighted by molar-refractivity contribution is 6.31. The molecule has 1 aliphatic heterocycles. The lowest BCUT2D eigenvalue weighted by molar-refractivity contribution is 0.0513. The number of anilines is 2. The maximum absolute atomic E-state index is 13.6. The highest BCUT2D eigenvalue weighted by Gasteiger charge is 2.27. The minimum absolute atomic E-state index is 0.0129. The highest BCUT2D eigenvalue weighted by atomic mass is 35.5. The van der Waals surface area contributed by atoms with Gasteiger partial charge in [-0.2, -0.15) is 9.97 Å². The van der Waals surface area contributed by atoms with Gasteiger partial charge in [-0.25, -0.2) is 9.18 Å². The molecule has 2 N–H and O–H groups in total. The first-order chi connectivity index (χ1) is 18.0. The van der Waals surface area contributed by atoms with Crippen LogP contribution in [-0.4, -0.2) is 66.5 Å². The predicted molar refractivity (Wildman–Crippen MR) is 138 cm³/mol. The second-order valence-electron chi connectivity index (χ2n) is 9.13. The molecule has 5 rings (SSSR count). The Bertz CT molecular complexity index is 1270. The molecule has 1 aliphatic carbocycles. The van der Waals surface area contributed by atoms with Crippen molar-refractivity contribution >= 4 is 40.0 Å². The van der Waals surface area contributed by atoms with Gasteiger partial charge in [-0.3, -0.25) is 0 Å². The van der Waals surface area contributed by atoms with Crippen molar-refractivity contribution in [1.29, 1.82) is 0 Å². The Balaban J connectivity index is 1.28. The fourth-order valence-electron chi connectivity index (χ4n) is 4.58. The van der Waals surface area contributed by atoms with E-state index >= 15 is 0 Å². The average Bonchev–Trinajstić information content (AvgIpc) is 2.92. The Hall–Kier alpha value is -3.37. The van der Waals surface area contributed by atoms with Gasteiger partial charge in [-0.1, -0.05) is 11.6 Å². The molecule has 37 heavy (non-hydrogen) atoms. The molecule has 2 fully saturated rings. The molecule has 0 unspecified atom stereocenters. The second-order valence-corrected chi connectivity index (χ2v) is 9.54. The largest absolute Gasteiger partial charge is 0.497 e. The number of amides is 2. The first kappa shape index (κ1) is 25.3.